The van der Waals surface area contributed by atoms with Crippen LogP contribution in [-0.2, 0) is 0 Å². The first-order chi connectivity index (χ1) is 11.6. The Kier molecular flexibility index (Phi) is 4.84. The van der Waals surface area contributed by atoms with E-state index < -0.39 is 0 Å². The second-order valence-electron chi connectivity index (χ2n) is 5.15. The van der Waals surface area contributed by atoms with Gasteiger partial charge in [-0.15, -0.1) is 10.2 Å². The average Bonchev–Trinajstić information content (AvgIpc) is 3.01. The minimum atomic E-state index is -0.238. The molecule has 0 bridgehead atoms. The van der Waals surface area contributed by atoms with Crippen molar-refractivity contribution < 1.29 is 0 Å². The van der Waals surface area contributed by atoms with Gasteiger partial charge in [-0.3, -0.25) is 9.55 Å². The monoisotopic (exact) mass is 355 g/mol. The lowest BCUT2D eigenvalue weighted by molar-refractivity contribution is 0.878. The molecule has 0 radical (unpaired) electrons. The van der Waals surface area contributed by atoms with Crippen LogP contribution in [0.5, 0.6) is 0 Å². The Balaban J connectivity index is 2.22. The lowest BCUT2D eigenvalue weighted by atomic mass is 10.2. The van der Waals surface area contributed by atoms with Crippen LogP contribution >= 0.6 is 23.4 Å². The molecule has 0 amide bonds. The van der Waals surface area contributed by atoms with E-state index in [4.69, 9.17) is 16.9 Å². The molecule has 0 aliphatic carbocycles. The Hall–Kier alpha value is -2.36. The molecule has 1 aromatic carbocycles. The Labute approximate surface area is 149 Å². The first kappa shape index (κ1) is 16.5. The number of hydrogen-bond acceptors (Lipinski definition) is 5. The summed E-state index contributed by atoms with van der Waals surface area (Å²) < 4.78 is 1.94. The van der Waals surface area contributed by atoms with Gasteiger partial charge in [0.1, 0.15) is 0 Å². The van der Waals surface area contributed by atoms with Gasteiger partial charge >= 0.3 is 0 Å². The van der Waals surface area contributed by atoms with Crippen molar-refractivity contribution in [3.8, 4) is 23.1 Å². The van der Waals surface area contributed by atoms with E-state index in [1.165, 1.54) is 11.8 Å². The van der Waals surface area contributed by atoms with Gasteiger partial charge in [0, 0.05) is 23.0 Å². The lowest BCUT2D eigenvalue weighted by Crippen LogP contribution is -2.04. The van der Waals surface area contributed by atoms with Crippen LogP contribution in [0.1, 0.15) is 12.5 Å². The maximum atomic E-state index is 9.12. The number of rotatable bonds is 4. The van der Waals surface area contributed by atoms with E-state index in [2.05, 4.69) is 21.3 Å². The van der Waals surface area contributed by atoms with Gasteiger partial charge in [-0.05, 0) is 43.7 Å². The van der Waals surface area contributed by atoms with Crippen molar-refractivity contribution in [3.05, 3.63) is 53.3 Å². The Morgan fingerprint density at radius 3 is 2.67 bits per heavy atom. The van der Waals surface area contributed by atoms with Gasteiger partial charge in [-0.25, -0.2) is 0 Å². The van der Waals surface area contributed by atoms with Crippen LogP contribution in [-0.4, -0.2) is 25.0 Å². The third kappa shape index (κ3) is 3.14. The second kappa shape index (κ2) is 7.04. The Bertz CT molecular complexity index is 901. The fourth-order valence-corrected chi connectivity index (χ4v) is 3.19. The van der Waals surface area contributed by atoms with Crippen molar-refractivity contribution in [3.63, 3.8) is 0 Å². The van der Waals surface area contributed by atoms with Crippen LogP contribution < -0.4 is 0 Å². The standard InChI is InChI=1S/C17H14ClN5S/c1-11(10-19)24-17-22-21-16(13-6-8-20-9-7-13)23(17)15-5-3-4-14(18)12(15)2/h3-9,11H,1-2H3/t11-/m1/s1. The zero-order valence-electron chi connectivity index (χ0n) is 13.1. The number of benzene rings is 1. The second-order valence-corrected chi connectivity index (χ2v) is 6.87. The number of aromatic nitrogens is 4. The van der Waals surface area contributed by atoms with E-state index >= 15 is 0 Å². The quantitative estimate of drug-likeness (QED) is 0.653. The molecule has 0 fully saturated rings. The van der Waals surface area contributed by atoms with E-state index in [1.54, 1.807) is 12.4 Å². The van der Waals surface area contributed by atoms with Crippen LogP contribution in [0, 0.1) is 18.3 Å². The summed E-state index contributed by atoms with van der Waals surface area (Å²) in [6.45, 7) is 3.79. The first-order valence-electron chi connectivity index (χ1n) is 7.29. The average molecular weight is 356 g/mol. The van der Waals surface area contributed by atoms with Gasteiger partial charge in [-0.2, -0.15) is 5.26 Å². The molecule has 0 saturated carbocycles. The molecule has 0 unspecified atom stereocenters. The predicted molar refractivity (Wildman–Crippen MR) is 95.3 cm³/mol. The summed E-state index contributed by atoms with van der Waals surface area (Å²) in [5, 5.41) is 18.8. The summed E-state index contributed by atoms with van der Waals surface area (Å²) in [7, 11) is 0. The number of nitriles is 1. The molecule has 0 N–H and O–H groups in total. The summed E-state index contributed by atoms with van der Waals surface area (Å²) >= 11 is 7.66. The van der Waals surface area contributed by atoms with Gasteiger partial charge in [0.2, 0.25) is 0 Å². The van der Waals surface area contributed by atoms with E-state index in [-0.39, 0.29) is 5.25 Å². The van der Waals surface area contributed by atoms with Gasteiger partial charge < -0.3 is 0 Å². The molecule has 2 aromatic heterocycles. The van der Waals surface area contributed by atoms with E-state index in [9.17, 15) is 0 Å². The highest BCUT2D eigenvalue weighted by Crippen LogP contribution is 2.32. The summed E-state index contributed by atoms with van der Waals surface area (Å²) in [6.07, 6.45) is 3.42. The molecule has 0 aliphatic rings. The van der Waals surface area contributed by atoms with Crippen molar-refractivity contribution >= 4 is 23.4 Å². The highest BCUT2D eigenvalue weighted by molar-refractivity contribution is 8.00. The largest absolute Gasteiger partial charge is 0.270 e. The van der Waals surface area contributed by atoms with Crippen LogP contribution in [0.4, 0.5) is 0 Å². The topological polar surface area (TPSA) is 67.4 Å². The van der Waals surface area contributed by atoms with Crippen molar-refractivity contribution in [2.45, 2.75) is 24.3 Å². The molecule has 3 rings (SSSR count). The fourth-order valence-electron chi connectivity index (χ4n) is 2.27. The summed E-state index contributed by atoms with van der Waals surface area (Å²) in [5.41, 5.74) is 2.72. The van der Waals surface area contributed by atoms with Gasteiger partial charge in [-0.1, -0.05) is 29.4 Å². The minimum Gasteiger partial charge on any atom is -0.270 e. The molecular weight excluding hydrogens is 342 g/mol. The highest BCUT2D eigenvalue weighted by atomic mass is 35.5. The van der Waals surface area contributed by atoms with Gasteiger partial charge in [0.25, 0.3) is 0 Å². The molecule has 2 heterocycles. The molecule has 120 valence electrons. The van der Waals surface area contributed by atoms with Gasteiger partial charge in [0.15, 0.2) is 11.0 Å². The molecule has 7 heteroatoms. The maximum Gasteiger partial charge on any atom is 0.197 e. The molecule has 24 heavy (non-hydrogen) atoms. The zero-order valence-corrected chi connectivity index (χ0v) is 14.7. The van der Waals surface area contributed by atoms with Crippen LogP contribution in [0.15, 0.2) is 47.9 Å². The first-order valence-corrected chi connectivity index (χ1v) is 8.55. The Morgan fingerprint density at radius 2 is 1.96 bits per heavy atom. The normalized spacial score (nSPS) is 11.9. The minimum absolute atomic E-state index is 0.238. The smallest absolute Gasteiger partial charge is 0.197 e. The number of thioether (sulfide) groups is 1. The van der Waals surface area contributed by atoms with Crippen LogP contribution in [0.25, 0.3) is 17.1 Å². The number of halogens is 1. The summed E-state index contributed by atoms with van der Waals surface area (Å²) in [6, 6.07) is 11.7. The molecule has 0 aliphatic heterocycles. The lowest BCUT2D eigenvalue weighted by Gasteiger charge is -2.14. The highest BCUT2D eigenvalue weighted by Gasteiger charge is 2.19. The SMILES string of the molecule is Cc1c(Cl)cccc1-n1c(S[C@H](C)C#N)nnc1-c1ccncc1. The molecule has 3 aromatic rings. The number of nitrogens with zero attached hydrogens (tertiary/aromatic N) is 5. The molecule has 0 saturated heterocycles. The zero-order chi connectivity index (χ0) is 17.1. The molecular formula is C17H14ClN5S. The van der Waals surface area contributed by atoms with Crippen LogP contribution in [0.3, 0.4) is 0 Å². The van der Waals surface area contributed by atoms with Crippen LogP contribution in [0.2, 0.25) is 5.02 Å². The summed E-state index contributed by atoms with van der Waals surface area (Å²) in [4.78, 5) is 4.05. The van der Waals surface area contributed by atoms with E-state index in [1.807, 2.05) is 48.7 Å². The third-order valence-corrected chi connectivity index (χ3v) is 4.86. The van der Waals surface area contributed by atoms with Crippen molar-refractivity contribution in [2.24, 2.45) is 0 Å². The predicted octanol–water partition coefficient (Wildman–Crippen LogP) is 4.30. The fraction of sp³-hybridized carbons (Fsp3) is 0.176. The Morgan fingerprint density at radius 1 is 1.21 bits per heavy atom. The maximum absolute atomic E-state index is 9.12. The molecule has 5 nitrogen and oxygen atoms in total. The van der Waals surface area contributed by atoms with Crippen molar-refractivity contribution in [1.82, 2.24) is 19.7 Å². The van der Waals surface area contributed by atoms with E-state index in [0.29, 0.717) is 16.0 Å². The molecule has 0 spiro atoms. The van der Waals surface area contributed by atoms with Gasteiger partial charge in [0.05, 0.1) is 17.0 Å². The number of pyridine rings is 1. The van der Waals surface area contributed by atoms with Crippen molar-refractivity contribution in [2.75, 3.05) is 0 Å². The molecule has 1 atom stereocenters. The third-order valence-electron chi connectivity index (χ3n) is 3.52. The van der Waals surface area contributed by atoms with E-state index in [0.717, 1.165) is 16.8 Å². The summed E-state index contributed by atoms with van der Waals surface area (Å²) in [5.74, 6) is 0.690. The van der Waals surface area contributed by atoms with Crippen molar-refractivity contribution in [1.29, 1.82) is 5.26 Å². The number of hydrogen-bond donors (Lipinski definition) is 0.